The first kappa shape index (κ1) is 15.1. The molecule has 0 radical (unpaired) electrons. The Hall–Kier alpha value is -1.85. The average molecular weight is 301 g/mol. The van der Waals surface area contributed by atoms with Crippen molar-refractivity contribution in [1.82, 2.24) is 14.7 Å². The zero-order chi connectivity index (χ0) is 15.5. The highest BCUT2D eigenvalue weighted by atomic mass is 16.5. The summed E-state index contributed by atoms with van der Waals surface area (Å²) < 4.78 is 7.93. The number of para-hydroxylation sites is 1. The molecule has 1 aliphatic rings. The standard InChI is InChI=1S/C17H23N3O2/c1-13(2)20-14(8-9-18-20)10-19-11-16(21)17(12-19)22-15-6-4-3-5-7-15/h3-9,13,16-17,21H,10-12H2,1-2H3/t16-,17-/m1/s1. The number of aliphatic hydroxyl groups is 1. The van der Waals surface area contributed by atoms with Crippen molar-refractivity contribution < 1.29 is 9.84 Å². The number of aromatic nitrogens is 2. The number of hydrogen-bond acceptors (Lipinski definition) is 4. The topological polar surface area (TPSA) is 50.5 Å². The summed E-state index contributed by atoms with van der Waals surface area (Å²) in [7, 11) is 0. The second kappa shape index (κ2) is 6.50. The number of aliphatic hydroxyl groups excluding tert-OH is 1. The van der Waals surface area contributed by atoms with Crippen LogP contribution in [-0.4, -0.2) is 45.1 Å². The highest BCUT2D eigenvalue weighted by molar-refractivity contribution is 5.21. The van der Waals surface area contributed by atoms with Gasteiger partial charge in [0.1, 0.15) is 18.0 Å². The number of rotatable bonds is 5. The summed E-state index contributed by atoms with van der Waals surface area (Å²) in [6.07, 6.45) is 1.19. The van der Waals surface area contributed by atoms with Gasteiger partial charge in [0, 0.05) is 31.9 Å². The Labute approximate surface area is 131 Å². The van der Waals surface area contributed by atoms with Gasteiger partial charge in [0.2, 0.25) is 0 Å². The molecule has 3 rings (SSSR count). The van der Waals surface area contributed by atoms with Crippen LogP contribution in [0.3, 0.4) is 0 Å². The molecule has 1 aromatic heterocycles. The number of benzene rings is 1. The Morgan fingerprint density at radius 3 is 2.73 bits per heavy atom. The van der Waals surface area contributed by atoms with Crippen molar-refractivity contribution >= 4 is 0 Å². The minimum Gasteiger partial charge on any atom is -0.486 e. The molecule has 0 unspecified atom stereocenters. The van der Waals surface area contributed by atoms with Gasteiger partial charge in [-0.1, -0.05) is 18.2 Å². The lowest BCUT2D eigenvalue weighted by Crippen LogP contribution is -2.29. The van der Waals surface area contributed by atoms with E-state index in [2.05, 4.69) is 23.8 Å². The second-order valence-electron chi connectivity index (χ2n) is 6.09. The van der Waals surface area contributed by atoms with Crippen molar-refractivity contribution in [3.63, 3.8) is 0 Å². The van der Waals surface area contributed by atoms with Crippen LogP contribution in [-0.2, 0) is 6.54 Å². The van der Waals surface area contributed by atoms with Gasteiger partial charge < -0.3 is 9.84 Å². The summed E-state index contributed by atoms with van der Waals surface area (Å²) in [4.78, 5) is 2.22. The number of likely N-dealkylation sites (tertiary alicyclic amines) is 1. The molecule has 0 spiro atoms. The summed E-state index contributed by atoms with van der Waals surface area (Å²) in [6.45, 7) is 6.37. The number of hydrogen-bond donors (Lipinski definition) is 1. The van der Waals surface area contributed by atoms with Gasteiger partial charge in [-0.25, -0.2) is 0 Å². The first-order chi connectivity index (χ1) is 10.6. The van der Waals surface area contributed by atoms with Gasteiger partial charge in [0.15, 0.2) is 0 Å². The van der Waals surface area contributed by atoms with E-state index in [1.807, 2.05) is 47.3 Å². The number of ether oxygens (including phenoxy) is 1. The van der Waals surface area contributed by atoms with E-state index >= 15 is 0 Å². The third-order valence-electron chi connectivity index (χ3n) is 3.97. The summed E-state index contributed by atoms with van der Waals surface area (Å²) in [5.74, 6) is 0.806. The molecule has 5 nitrogen and oxygen atoms in total. The predicted molar refractivity (Wildman–Crippen MR) is 84.8 cm³/mol. The van der Waals surface area contributed by atoms with Gasteiger partial charge in [0.25, 0.3) is 0 Å². The Morgan fingerprint density at radius 1 is 1.23 bits per heavy atom. The van der Waals surface area contributed by atoms with Crippen molar-refractivity contribution in [2.24, 2.45) is 0 Å². The van der Waals surface area contributed by atoms with Gasteiger partial charge in [-0.05, 0) is 32.0 Å². The Bertz CT molecular complexity index is 597. The molecular weight excluding hydrogens is 278 g/mol. The molecule has 5 heteroatoms. The molecule has 0 aliphatic carbocycles. The van der Waals surface area contributed by atoms with Crippen LogP contribution in [0.4, 0.5) is 0 Å². The normalized spacial score (nSPS) is 22.4. The van der Waals surface area contributed by atoms with Crippen LogP contribution in [0.5, 0.6) is 5.75 Å². The molecule has 1 fully saturated rings. The van der Waals surface area contributed by atoms with Gasteiger partial charge in [-0.2, -0.15) is 5.10 Å². The molecule has 0 saturated carbocycles. The summed E-state index contributed by atoms with van der Waals surface area (Å²) >= 11 is 0. The van der Waals surface area contributed by atoms with Crippen molar-refractivity contribution in [3.8, 4) is 5.75 Å². The van der Waals surface area contributed by atoms with Gasteiger partial charge >= 0.3 is 0 Å². The molecule has 2 aromatic rings. The maximum atomic E-state index is 10.2. The molecule has 1 N–H and O–H groups in total. The van der Waals surface area contributed by atoms with E-state index in [1.54, 1.807) is 0 Å². The summed E-state index contributed by atoms with van der Waals surface area (Å²) in [5.41, 5.74) is 1.17. The Morgan fingerprint density at radius 2 is 2.00 bits per heavy atom. The fourth-order valence-corrected chi connectivity index (χ4v) is 2.91. The van der Waals surface area contributed by atoms with Crippen LogP contribution in [0.15, 0.2) is 42.6 Å². The molecule has 1 saturated heterocycles. The smallest absolute Gasteiger partial charge is 0.138 e. The SMILES string of the molecule is CC(C)n1nccc1CN1C[C@@H](O)[C@H](Oc2ccccc2)C1. The zero-order valence-corrected chi connectivity index (χ0v) is 13.1. The van der Waals surface area contributed by atoms with E-state index in [0.29, 0.717) is 12.6 Å². The van der Waals surface area contributed by atoms with Crippen LogP contribution in [0.1, 0.15) is 25.6 Å². The van der Waals surface area contributed by atoms with Crippen molar-refractivity contribution in [3.05, 3.63) is 48.3 Å². The summed E-state index contributed by atoms with van der Waals surface area (Å²) in [5, 5.41) is 14.6. The minimum atomic E-state index is -0.462. The summed E-state index contributed by atoms with van der Waals surface area (Å²) in [6, 6.07) is 12.1. The fraction of sp³-hybridized carbons (Fsp3) is 0.471. The average Bonchev–Trinajstić information content (AvgIpc) is 3.08. The lowest BCUT2D eigenvalue weighted by Gasteiger charge is -2.18. The van der Waals surface area contributed by atoms with Crippen molar-refractivity contribution in [2.75, 3.05) is 13.1 Å². The quantitative estimate of drug-likeness (QED) is 0.919. The fourth-order valence-electron chi connectivity index (χ4n) is 2.91. The van der Waals surface area contributed by atoms with E-state index in [-0.39, 0.29) is 6.10 Å². The Kier molecular flexibility index (Phi) is 4.45. The van der Waals surface area contributed by atoms with Gasteiger partial charge in [0.05, 0.1) is 5.69 Å². The maximum absolute atomic E-state index is 10.2. The molecule has 1 aromatic carbocycles. The zero-order valence-electron chi connectivity index (χ0n) is 13.1. The van der Waals surface area contributed by atoms with Crippen LogP contribution in [0.25, 0.3) is 0 Å². The highest BCUT2D eigenvalue weighted by Gasteiger charge is 2.33. The predicted octanol–water partition coefficient (Wildman–Crippen LogP) is 2.09. The first-order valence-electron chi connectivity index (χ1n) is 7.78. The third-order valence-corrected chi connectivity index (χ3v) is 3.97. The third kappa shape index (κ3) is 3.31. The molecule has 1 aliphatic heterocycles. The monoisotopic (exact) mass is 301 g/mol. The second-order valence-corrected chi connectivity index (χ2v) is 6.09. The van der Waals surface area contributed by atoms with E-state index in [0.717, 1.165) is 18.8 Å². The van der Waals surface area contributed by atoms with E-state index < -0.39 is 6.10 Å². The molecule has 2 atom stereocenters. The molecule has 0 bridgehead atoms. The molecule has 22 heavy (non-hydrogen) atoms. The molecular formula is C17H23N3O2. The molecule has 0 amide bonds. The van der Waals surface area contributed by atoms with Crippen LogP contribution in [0, 0.1) is 0 Å². The molecule has 118 valence electrons. The largest absolute Gasteiger partial charge is 0.486 e. The Balaban J connectivity index is 1.62. The van der Waals surface area contributed by atoms with Crippen LogP contribution < -0.4 is 4.74 Å². The lowest BCUT2D eigenvalue weighted by atomic mass is 10.2. The van der Waals surface area contributed by atoms with Gasteiger partial charge in [-0.3, -0.25) is 9.58 Å². The lowest BCUT2D eigenvalue weighted by molar-refractivity contribution is 0.0737. The number of nitrogens with zero attached hydrogens (tertiary/aromatic N) is 3. The van der Waals surface area contributed by atoms with Crippen LogP contribution >= 0.6 is 0 Å². The maximum Gasteiger partial charge on any atom is 0.138 e. The first-order valence-corrected chi connectivity index (χ1v) is 7.78. The molecule has 2 heterocycles. The highest BCUT2D eigenvalue weighted by Crippen LogP contribution is 2.20. The van der Waals surface area contributed by atoms with Crippen molar-refractivity contribution in [2.45, 2.75) is 38.6 Å². The van der Waals surface area contributed by atoms with E-state index in [4.69, 9.17) is 4.74 Å². The van der Waals surface area contributed by atoms with Crippen molar-refractivity contribution in [1.29, 1.82) is 0 Å². The van der Waals surface area contributed by atoms with E-state index in [9.17, 15) is 5.11 Å². The minimum absolute atomic E-state index is 0.183. The van der Waals surface area contributed by atoms with Gasteiger partial charge in [-0.15, -0.1) is 0 Å². The van der Waals surface area contributed by atoms with Crippen LogP contribution in [0.2, 0.25) is 0 Å². The number of β-amino-alcohol motifs (C(OH)–C–C–N with tert-alkyl or cyclic N) is 1. The van der Waals surface area contributed by atoms with E-state index in [1.165, 1.54) is 5.69 Å².